The molecule has 0 bridgehead atoms. The van der Waals surface area contributed by atoms with E-state index in [1.54, 1.807) is 19.9 Å². The Morgan fingerprint density at radius 3 is 2.11 bits per heavy atom. The number of anilines is 1. The van der Waals surface area contributed by atoms with Crippen LogP contribution in [-0.2, 0) is 17.5 Å². The number of hydrogen-bond donors (Lipinski definition) is 3. The summed E-state index contributed by atoms with van der Waals surface area (Å²) in [5.74, 6) is -0.665. The predicted molar refractivity (Wildman–Crippen MR) is 133 cm³/mol. The van der Waals surface area contributed by atoms with Crippen molar-refractivity contribution in [2.45, 2.75) is 84.2 Å². The maximum absolute atomic E-state index is 13.3. The molecule has 0 amide bonds. The van der Waals surface area contributed by atoms with Gasteiger partial charge in [0.1, 0.15) is 0 Å². The number of carboxylic acids is 1. The summed E-state index contributed by atoms with van der Waals surface area (Å²) in [6, 6.07) is 4.24. The van der Waals surface area contributed by atoms with Crippen LogP contribution in [0.1, 0.15) is 64.5 Å². The highest BCUT2D eigenvalue weighted by Crippen LogP contribution is 2.33. The fourth-order valence-electron chi connectivity index (χ4n) is 3.97. The third-order valence-corrected chi connectivity index (χ3v) is 6.24. The van der Waals surface area contributed by atoms with Crippen LogP contribution in [0.3, 0.4) is 0 Å². The van der Waals surface area contributed by atoms with E-state index in [4.69, 9.17) is 16.7 Å². The van der Waals surface area contributed by atoms with E-state index in [0.717, 1.165) is 37.8 Å². The number of benzene rings is 1. The first-order valence-electron chi connectivity index (χ1n) is 12.0. The molecule has 0 spiro atoms. The molecule has 1 aliphatic rings. The molecule has 1 saturated heterocycles. The number of aromatic nitrogens is 2. The maximum Gasteiger partial charge on any atom is 0.416 e. The lowest BCUT2D eigenvalue weighted by Crippen LogP contribution is -2.52. The Balaban J connectivity index is 0.000000678. The quantitative estimate of drug-likeness (QED) is 0.410. The Kier molecular flexibility index (Phi) is 10.8. The Labute approximate surface area is 214 Å². The van der Waals surface area contributed by atoms with Gasteiger partial charge in [-0.15, -0.1) is 0 Å². The average molecular weight is 531 g/mol. The van der Waals surface area contributed by atoms with Crippen LogP contribution in [0, 0.1) is 5.92 Å². The van der Waals surface area contributed by atoms with Gasteiger partial charge in [0.05, 0.1) is 23.9 Å². The van der Waals surface area contributed by atoms with Gasteiger partial charge in [-0.1, -0.05) is 39.3 Å². The van der Waals surface area contributed by atoms with Crippen molar-refractivity contribution >= 4 is 23.5 Å². The largest absolute Gasteiger partial charge is 0.505 e. The summed E-state index contributed by atoms with van der Waals surface area (Å²) in [4.78, 5) is 20.1. The molecular weight excluding hydrogens is 497 g/mol. The molecule has 2 atom stereocenters. The SMILES string of the molecule is CC(C)C(=O)O.CCC1CC(N(Cc2cc(Cl)cc(C(F)(F)F)c2)c2ncc(O)cn2)CC(CC)N1. The molecule has 1 fully saturated rings. The van der Waals surface area contributed by atoms with Gasteiger partial charge in [0.25, 0.3) is 0 Å². The van der Waals surface area contributed by atoms with Gasteiger partial charge in [-0.05, 0) is 49.4 Å². The van der Waals surface area contributed by atoms with E-state index in [-0.39, 0.29) is 29.3 Å². The van der Waals surface area contributed by atoms with Crippen molar-refractivity contribution in [3.63, 3.8) is 0 Å². The molecule has 7 nitrogen and oxygen atoms in total. The van der Waals surface area contributed by atoms with E-state index < -0.39 is 17.7 Å². The van der Waals surface area contributed by atoms with E-state index in [2.05, 4.69) is 29.1 Å². The van der Waals surface area contributed by atoms with Gasteiger partial charge in [0.15, 0.2) is 5.75 Å². The molecule has 2 aromatic rings. The van der Waals surface area contributed by atoms with Crippen molar-refractivity contribution in [3.8, 4) is 5.75 Å². The fourth-order valence-corrected chi connectivity index (χ4v) is 4.23. The van der Waals surface area contributed by atoms with Crippen LogP contribution in [0.4, 0.5) is 19.1 Å². The second kappa shape index (κ2) is 13.1. The number of aromatic hydroxyl groups is 1. The zero-order chi connectivity index (χ0) is 27.0. The molecule has 0 saturated carbocycles. The maximum atomic E-state index is 13.3. The second-order valence-corrected chi connectivity index (χ2v) is 9.65. The van der Waals surface area contributed by atoms with E-state index in [9.17, 15) is 23.1 Å². The van der Waals surface area contributed by atoms with Crippen LogP contribution in [0.5, 0.6) is 5.75 Å². The zero-order valence-corrected chi connectivity index (χ0v) is 21.6. The number of carbonyl (C=O) groups is 1. The van der Waals surface area contributed by atoms with Crippen LogP contribution in [0.2, 0.25) is 5.02 Å². The van der Waals surface area contributed by atoms with Crippen LogP contribution in [0.25, 0.3) is 0 Å². The smallest absolute Gasteiger partial charge is 0.416 e. The summed E-state index contributed by atoms with van der Waals surface area (Å²) in [5.41, 5.74) is -0.342. The van der Waals surface area contributed by atoms with Gasteiger partial charge in [-0.2, -0.15) is 13.2 Å². The lowest BCUT2D eigenvalue weighted by Gasteiger charge is -2.41. The van der Waals surface area contributed by atoms with Crippen molar-refractivity contribution in [3.05, 3.63) is 46.7 Å². The molecule has 2 unspecified atom stereocenters. The number of halogens is 4. The minimum atomic E-state index is -4.48. The van der Waals surface area contributed by atoms with Crippen molar-refractivity contribution < 1.29 is 28.2 Å². The number of aliphatic carboxylic acids is 1. The molecule has 3 rings (SSSR count). The lowest BCUT2D eigenvalue weighted by molar-refractivity contribution is -0.140. The van der Waals surface area contributed by atoms with Crippen LogP contribution < -0.4 is 10.2 Å². The number of carboxylic acid groups (broad SMARTS) is 1. The highest BCUT2D eigenvalue weighted by Gasteiger charge is 2.34. The minimum Gasteiger partial charge on any atom is -0.505 e. The van der Waals surface area contributed by atoms with Crippen molar-refractivity contribution in [1.82, 2.24) is 15.3 Å². The van der Waals surface area contributed by atoms with Crippen LogP contribution >= 0.6 is 11.6 Å². The first-order valence-corrected chi connectivity index (χ1v) is 12.3. The molecule has 3 N–H and O–H groups in total. The Morgan fingerprint density at radius 2 is 1.67 bits per heavy atom. The average Bonchev–Trinajstić information content (AvgIpc) is 2.82. The van der Waals surface area contributed by atoms with E-state index >= 15 is 0 Å². The summed E-state index contributed by atoms with van der Waals surface area (Å²) in [6.07, 6.45) is 1.66. The number of piperidine rings is 1. The highest BCUT2D eigenvalue weighted by atomic mass is 35.5. The molecule has 2 heterocycles. The normalized spacial score (nSPS) is 20.0. The molecular formula is C25H34ClF3N4O3. The predicted octanol–water partition coefficient (Wildman–Crippen LogP) is 5.90. The first kappa shape index (κ1) is 29.6. The summed E-state index contributed by atoms with van der Waals surface area (Å²) in [6.45, 7) is 7.69. The van der Waals surface area contributed by atoms with E-state index in [1.165, 1.54) is 12.4 Å². The summed E-state index contributed by atoms with van der Waals surface area (Å²) in [5, 5.41) is 21.2. The van der Waals surface area contributed by atoms with Gasteiger partial charge >= 0.3 is 12.1 Å². The molecule has 1 aromatic heterocycles. The van der Waals surface area contributed by atoms with Crippen LogP contribution in [-0.4, -0.2) is 44.3 Å². The van der Waals surface area contributed by atoms with Crippen molar-refractivity contribution in [2.75, 3.05) is 4.90 Å². The Morgan fingerprint density at radius 1 is 1.14 bits per heavy atom. The van der Waals surface area contributed by atoms with E-state index in [1.807, 2.05) is 4.90 Å². The molecule has 0 aliphatic carbocycles. The summed E-state index contributed by atoms with van der Waals surface area (Å²) < 4.78 is 39.8. The molecule has 1 aliphatic heterocycles. The molecule has 200 valence electrons. The molecule has 0 radical (unpaired) electrons. The Bertz CT molecular complexity index is 978. The summed E-state index contributed by atoms with van der Waals surface area (Å²) in [7, 11) is 0. The third-order valence-electron chi connectivity index (χ3n) is 6.02. The van der Waals surface area contributed by atoms with E-state index in [0.29, 0.717) is 23.6 Å². The number of alkyl halides is 3. The third kappa shape index (κ3) is 8.81. The Hall–Kier alpha value is -2.59. The monoisotopic (exact) mass is 530 g/mol. The number of hydrogen-bond acceptors (Lipinski definition) is 6. The molecule has 36 heavy (non-hydrogen) atoms. The van der Waals surface area contributed by atoms with Crippen molar-refractivity contribution in [2.24, 2.45) is 5.92 Å². The molecule has 1 aromatic carbocycles. The standard InChI is InChI=1S/C21H26ClF3N4O.C4H8O2/c1-3-16-8-18(9-17(4-2)28-16)29(20-26-10-19(30)11-27-20)12-13-5-14(21(23,24)25)7-15(22)6-13;1-3(2)4(5)6/h5-7,10-11,16-18,28,30H,3-4,8-9,12H2,1-2H3;3H,1-2H3,(H,5,6). The number of nitrogens with one attached hydrogen (secondary N) is 1. The number of rotatable bonds is 7. The zero-order valence-electron chi connectivity index (χ0n) is 20.9. The first-order chi connectivity index (χ1) is 16.8. The van der Waals surface area contributed by atoms with Crippen LogP contribution in [0.15, 0.2) is 30.6 Å². The highest BCUT2D eigenvalue weighted by molar-refractivity contribution is 6.30. The minimum absolute atomic E-state index is 0.0366. The van der Waals surface area contributed by atoms with Crippen molar-refractivity contribution in [1.29, 1.82) is 0 Å². The van der Waals surface area contributed by atoms with Gasteiger partial charge < -0.3 is 20.4 Å². The second-order valence-electron chi connectivity index (χ2n) is 9.21. The van der Waals surface area contributed by atoms with Gasteiger partial charge in [-0.25, -0.2) is 9.97 Å². The number of nitrogens with zero attached hydrogens (tertiary/aromatic N) is 3. The summed E-state index contributed by atoms with van der Waals surface area (Å²) >= 11 is 5.99. The topological polar surface area (TPSA) is 98.6 Å². The van der Waals surface area contributed by atoms with Gasteiger partial charge in [-0.3, -0.25) is 4.79 Å². The molecule has 11 heteroatoms. The van der Waals surface area contributed by atoms with Gasteiger partial charge in [0, 0.05) is 29.7 Å². The lowest BCUT2D eigenvalue weighted by atomic mass is 9.90. The van der Waals surface area contributed by atoms with Gasteiger partial charge in [0.2, 0.25) is 5.95 Å². The fraction of sp³-hybridized carbons (Fsp3) is 0.560.